The van der Waals surface area contributed by atoms with Crippen molar-refractivity contribution in [1.29, 1.82) is 0 Å². The largest absolute Gasteiger partial charge is 0.493 e. The Morgan fingerprint density at radius 3 is 2.89 bits per heavy atom. The summed E-state index contributed by atoms with van der Waals surface area (Å²) < 4.78 is 5.98. The van der Waals surface area contributed by atoms with Crippen LogP contribution < -0.4 is 4.74 Å². The highest BCUT2D eigenvalue weighted by atomic mass is 16.5. The zero-order valence-electron chi connectivity index (χ0n) is 16.4. The molecule has 0 fully saturated rings. The van der Waals surface area contributed by atoms with Gasteiger partial charge in [-0.1, -0.05) is 23.8 Å². The summed E-state index contributed by atoms with van der Waals surface area (Å²) in [6.45, 7) is 5.05. The van der Waals surface area contributed by atoms with Crippen molar-refractivity contribution in [3.63, 3.8) is 0 Å². The smallest absolute Gasteiger partial charge is 0.336 e. The summed E-state index contributed by atoms with van der Waals surface area (Å²) in [7, 11) is 0. The van der Waals surface area contributed by atoms with Gasteiger partial charge in [-0.25, -0.2) is 4.79 Å². The molecular formula is C24H25NO3. The molecule has 4 rings (SSSR count). The zero-order chi connectivity index (χ0) is 19.7. The van der Waals surface area contributed by atoms with Crippen LogP contribution in [0.3, 0.4) is 0 Å². The Balaban J connectivity index is 1.54. The molecule has 2 aromatic rings. The Bertz CT molecular complexity index is 987. The number of carbonyl (C=O) groups is 1. The average Bonchev–Trinajstić information content (AvgIpc) is 3.04. The fourth-order valence-electron chi connectivity index (χ4n) is 4.37. The Morgan fingerprint density at radius 2 is 2.14 bits per heavy atom. The number of aryl methyl sites for hydroxylation is 1. The van der Waals surface area contributed by atoms with Gasteiger partial charge in [0.25, 0.3) is 0 Å². The molecule has 0 spiro atoms. The summed E-state index contributed by atoms with van der Waals surface area (Å²) in [5, 5.41) is 9.38. The van der Waals surface area contributed by atoms with Crippen molar-refractivity contribution in [1.82, 2.24) is 4.98 Å². The number of aromatic carboxylic acids is 1. The van der Waals surface area contributed by atoms with Crippen LogP contribution in [0.15, 0.2) is 53.9 Å². The number of benzene rings is 1. The standard InChI is InChI=1S/C24H25NO3/c1-15-11-16(2)22(12-15)18-5-6-20-17(8-10-28-23(20)13-18)3-4-19-14-25-9-7-21(19)24(26)27/h5-7,9,11,13-14,17H,3-4,8,10,12H2,1-2H3,(H,26,27). The van der Waals surface area contributed by atoms with Gasteiger partial charge in [-0.05, 0) is 85.4 Å². The molecule has 0 radical (unpaired) electrons. The lowest BCUT2D eigenvalue weighted by atomic mass is 9.86. The third-order valence-corrected chi connectivity index (χ3v) is 5.82. The Morgan fingerprint density at radius 1 is 1.29 bits per heavy atom. The summed E-state index contributed by atoms with van der Waals surface area (Å²) in [5.41, 5.74) is 7.74. The minimum absolute atomic E-state index is 0.351. The molecule has 0 saturated carbocycles. The van der Waals surface area contributed by atoms with Crippen molar-refractivity contribution in [2.24, 2.45) is 0 Å². The van der Waals surface area contributed by atoms with E-state index >= 15 is 0 Å². The van der Waals surface area contributed by atoms with Crippen molar-refractivity contribution < 1.29 is 14.6 Å². The quantitative estimate of drug-likeness (QED) is 0.760. The molecule has 1 aromatic heterocycles. The maximum Gasteiger partial charge on any atom is 0.336 e. The number of rotatable bonds is 5. The lowest BCUT2D eigenvalue weighted by molar-refractivity contribution is 0.0695. The highest BCUT2D eigenvalue weighted by molar-refractivity contribution is 5.89. The first-order valence-electron chi connectivity index (χ1n) is 9.83. The number of nitrogens with zero attached hydrogens (tertiary/aromatic N) is 1. The monoisotopic (exact) mass is 375 g/mol. The van der Waals surface area contributed by atoms with Crippen LogP contribution in [0.25, 0.3) is 5.57 Å². The lowest BCUT2D eigenvalue weighted by Crippen LogP contribution is -2.15. The molecule has 2 aliphatic rings. The fraction of sp³-hybridized carbons (Fsp3) is 0.333. The van der Waals surface area contributed by atoms with Crippen LogP contribution in [-0.2, 0) is 6.42 Å². The molecule has 4 heteroatoms. The van der Waals surface area contributed by atoms with Crippen molar-refractivity contribution in [3.8, 4) is 5.75 Å². The number of ether oxygens (including phenoxy) is 1. The van der Waals surface area contributed by atoms with Crippen LogP contribution in [0, 0.1) is 0 Å². The van der Waals surface area contributed by atoms with E-state index < -0.39 is 5.97 Å². The van der Waals surface area contributed by atoms with Gasteiger partial charge < -0.3 is 9.84 Å². The number of hydrogen-bond acceptors (Lipinski definition) is 3. The summed E-state index contributed by atoms with van der Waals surface area (Å²) in [5.74, 6) is 0.458. The van der Waals surface area contributed by atoms with E-state index in [1.807, 2.05) is 0 Å². The number of hydrogen-bond donors (Lipinski definition) is 1. The van der Waals surface area contributed by atoms with Gasteiger partial charge in [0.15, 0.2) is 0 Å². The first kappa shape index (κ1) is 18.5. The molecule has 1 unspecified atom stereocenters. The maximum atomic E-state index is 11.4. The van der Waals surface area contributed by atoms with Crippen LogP contribution in [0.4, 0.5) is 0 Å². The van der Waals surface area contributed by atoms with E-state index in [2.05, 4.69) is 43.1 Å². The number of pyridine rings is 1. The average molecular weight is 375 g/mol. The van der Waals surface area contributed by atoms with Crippen LogP contribution in [-0.4, -0.2) is 22.7 Å². The molecule has 2 heterocycles. The fourth-order valence-corrected chi connectivity index (χ4v) is 4.37. The van der Waals surface area contributed by atoms with E-state index in [4.69, 9.17) is 4.74 Å². The van der Waals surface area contributed by atoms with Gasteiger partial charge in [-0.3, -0.25) is 4.98 Å². The Hall–Kier alpha value is -2.88. The predicted molar refractivity (Wildman–Crippen MR) is 110 cm³/mol. The molecule has 1 atom stereocenters. The second-order valence-electron chi connectivity index (χ2n) is 7.79. The van der Waals surface area contributed by atoms with Crippen LogP contribution in [0.2, 0.25) is 0 Å². The van der Waals surface area contributed by atoms with E-state index in [9.17, 15) is 9.90 Å². The van der Waals surface area contributed by atoms with Crippen LogP contribution >= 0.6 is 0 Å². The highest BCUT2D eigenvalue weighted by Gasteiger charge is 2.23. The molecule has 1 aromatic carbocycles. The van der Waals surface area contributed by atoms with Crippen molar-refractivity contribution in [2.45, 2.75) is 45.4 Å². The van der Waals surface area contributed by atoms with Gasteiger partial charge in [-0.2, -0.15) is 0 Å². The van der Waals surface area contributed by atoms with Gasteiger partial charge in [0.2, 0.25) is 0 Å². The van der Waals surface area contributed by atoms with Crippen LogP contribution in [0.1, 0.15) is 66.1 Å². The molecule has 4 nitrogen and oxygen atoms in total. The molecule has 144 valence electrons. The number of carboxylic acid groups (broad SMARTS) is 1. The molecule has 0 saturated heterocycles. The molecule has 0 bridgehead atoms. The van der Waals surface area contributed by atoms with Gasteiger partial charge in [0.1, 0.15) is 5.75 Å². The second kappa shape index (κ2) is 7.63. The molecule has 0 amide bonds. The van der Waals surface area contributed by atoms with Gasteiger partial charge >= 0.3 is 5.97 Å². The number of fused-ring (bicyclic) bond motifs is 1. The summed E-state index contributed by atoms with van der Waals surface area (Å²) in [6.07, 6.45) is 9.03. The first-order valence-corrected chi connectivity index (χ1v) is 9.83. The van der Waals surface area contributed by atoms with E-state index in [1.54, 1.807) is 12.3 Å². The van der Waals surface area contributed by atoms with Crippen LogP contribution in [0.5, 0.6) is 5.75 Å². The summed E-state index contributed by atoms with van der Waals surface area (Å²) >= 11 is 0. The normalized spacial score (nSPS) is 18.5. The van der Waals surface area contributed by atoms with Crippen molar-refractivity contribution >= 4 is 11.5 Å². The van der Waals surface area contributed by atoms with E-state index in [1.165, 1.54) is 34.0 Å². The Labute approximate surface area is 165 Å². The predicted octanol–water partition coefficient (Wildman–Crippen LogP) is 5.40. The number of allylic oxidation sites excluding steroid dienone is 4. The molecule has 1 N–H and O–H groups in total. The number of aromatic nitrogens is 1. The van der Waals surface area contributed by atoms with E-state index in [0.717, 1.165) is 30.6 Å². The molecule has 1 aliphatic heterocycles. The molecule has 28 heavy (non-hydrogen) atoms. The van der Waals surface area contributed by atoms with Crippen molar-refractivity contribution in [2.75, 3.05) is 6.61 Å². The minimum atomic E-state index is -0.890. The Kier molecular flexibility index (Phi) is 5.03. The van der Waals surface area contributed by atoms with Gasteiger partial charge in [0.05, 0.1) is 12.2 Å². The minimum Gasteiger partial charge on any atom is -0.493 e. The van der Waals surface area contributed by atoms with Gasteiger partial charge in [0, 0.05) is 12.4 Å². The van der Waals surface area contributed by atoms with Crippen molar-refractivity contribution in [3.05, 3.63) is 76.1 Å². The maximum absolute atomic E-state index is 11.4. The third kappa shape index (κ3) is 3.59. The highest BCUT2D eigenvalue weighted by Crippen LogP contribution is 2.40. The number of carboxylic acids is 1. The van der Waals surface area contributed by atoms with E-state index in [0.29, 0.717) is 24.5 Å². The topological polar surface area (TPSA) is 59.4 Å². The lowest BCUT2D eigenvalue weighted by Gasteiger charge is -2.27. The zero-order valence-corrected chi connectivity index (χ0v) is 16.4. The van der Waals surface area contributed by atoms with E-state index in [-0.39, 0.29) is 0 Å². The summed E-state index contributed by atoms with van der Waals surface area (Å²) in [4.78, 5) is 15.5. The van der Waals surface area contributed by atoms with Gasteiger partial charge in [-0.15, -0.1) is 0 Å². The second-order valence-corrected chi connectivity index (χ2v) is 7.79. The first-order chi connectivity index (χ1) is 13.5. The molecular weight excluding hydrogens is 350 g/mol. The SMILES string of the molecule is CC1=CC(C)=C(c2ccc3c(c2)OCCC3CCc2cnccc2C(=O)O)C1. The molecule has 1 aliphatic carbocycles. The third-order valence-electron chi connectivity index (χ3n) is 5.82. The summed E-state index contributed by atoms with van der Waals surface area (Å²) in [6, 6.07) is 8.16.